The molecule has 70 valence electrons. The fourth-order valence-corrected chi connectivity index (χ4v) is 91.1. The zero-order valence-electron chi connectivity index (χ0n) is 8.82. The van der Waals surface area contributed by atoms with Crippen molar-refractivity contribution in [1.29, 1.82) is 0 Å². The van der Waals surface area contributed by atoms with Crippen LogP contribution in [0.3, 0.4) is 0 Å². The molecule has 0 aromatic rings. The normalized spacial score (nSPS) is 13.5. The third-order valence-electron chi connectivity index (χ3n) is 1.66. The molecule has 12 heavy (non-hydrogen) atoms. The van der Waals surface area contributed by atoms with E-state index in [-0.39, 0.29) is 0 Å². The summed E-state index contributed by atoms with van der Waals surface area (Å²) in [7, 11) is 2.56. The Labute approximate surface area is 94.1 Å². The molecule has 0 bridgehead atoms. The quantitative estimate of drug-likeness (QED) is 0.647. The second-order valence-corrected chi connectivity index (χ2v) is 52.3. The average molecular weight is 360 g/mol. The summed E-state index contributed by atoms with van der Waals surface area (Å²) in [6.07, 6.45) is -1.29. The van der Waals surface area contributed by atoms with Gasteiger partial charge >= 0.3 is 94.7 Å². The van der Waals surface area contributed by atoms with Crippen molar-refractivity contribution in [1.82, 2.24) is 0 Å². The van der Waals surface area contributed by atoms with Crippen LogP contribution in [0.1, 0.15) is 0 Å². The summed E-state index contributed by atoms with van der Waals surface area (Å²) < 4.78 is 0. The summed E-state index contributed by atoms with van der Waals surface area (Å²) in [6.45, 7) is 15.2. The molecule has 0 amide bonds. The third-order valence-corrected chi connectivity index (χ3v) is 75.9. The summed E-state index contributed by atoms with van der Waals surface area (Å²) in [4.78, 5) is 0. The van der Waals surface area contributed by atoms with Gasteiger partial charge in [0.25, 0.3) is 0 Å². The molecule has 0 saturated heterocycles. The zero-order valence-corrected chi connectivity index (χ0v) is 16.2. The molecular weight excluding hydrogens is 342 g/mol. The number of hydrogen-bond acceptors (Lipinski definition) is 0. The molecule has 0 aliphatic heterocycles. The molecule has 0 spiro atoms. The Bertz CT molecular complexity index is 122. The van der Waals surface area contributed by atoms with Gasteiger partial charge in [0, 0.05) is 0 Å². The molecule has 0 rings (SSSR count). The van der Waals surface area contributed by atoms with E-state index in [0.717, 1.165) is 25.0 Å². The summed E-state index contributed by atoms with van der Waals surface area (Å²) in [5, 5.41) is 0. The van der Waals surface area contributed by atoms with E-state index in [1.54, 1.807) is 0 Å². The standard InChI is InChI=1S/C6H18Se2Si4/c1-9-11(3,4)7-8-12(5,6)10-2/h1-6H3. The van der Waals surface area contributed by atoms with Crippen molar-refractivity contribution < 1.29 is 0 Å². The Morgan fingerprint density at radius 1 is 0.750 bits per heavy atom. The van der Waals surface area contributed by atoms with Gasteiger partial charge in [0.05, 0.1) is 0 Å². The van der Waals surface area contributed by atoms with Crippen LogP contribution in [-0.2, 0) is 0 Å². The van der Waals surface area contributed by atoms with Crippen LogP contribution in [0.5, 0.6) is 0 Å². The summed E-state index contributed by atoms with van der Waals surface area (Å²) in [6, 6.07) is 0. The number of hydrogen-bond donors (Lipinski definition) is 0. The van der Waals surface area contributed by atoms with Crippen molar-refractivity contribution in [2.75, 3.05) is 0 Å². The first-order valence-corrected chi connectivity index (χ1v) is 24.4. The average Bonchev–Trinajstić information content (AvgIpc) is 2.02. The van der Waals surface area contributed by atoms with E-state index >= 15 is 0 Å². The molecule has 0 fully saturated rings. The Balaban J connectivity index is 3.82. The Kier molecular flexibility index (Phi) is 6.61. The van der Waals surface area contributed by atoms with E-state index in [0.29, 0.717) is 0 Å². The fourth-order valence-electron chi connectivity index (χ4n) is 0.292. The van der Waals surface area contributed by atoms with Crippen LogP contribution in [0, 0.1) is 0 Å². The van der Waals surface area contributed by atoms with Gasteiger partial charge in [0.15, 0.2) is 0 Å². The second-order valence-electron chi connectivity index (χ2n) is 3.69. The molecule has 0 aromatic heterocycles. The molecule has 0 aromatic carbocycles. The van der Waals surface area contributed by atoms with E-state index in [9.17, 15) is 0 Å². The first-order chi connectivity index (χ1) is 5.33. The van der Waals surface area contributed by atoms with Crippen molar-refractivity contribution in [3.05, 3.63) is 0 Å². The van der Waals surface area contributed by atoms with Crippen LogP contribution in [-0.4, -0.2) is 55.5 Å². The molecule has 0 unspecified atom stereocenters. The Hall–Kier alpha value is 1.91. The zero-order chi connectivity index (χ0) is 9.83. The van der Waals surface area contributed by atoms with Gasteiger partial charge in [-0.3, -0.25) is 0 Å². The molecule has 0 nitrogen and oxygen atoms in total. The van der Waals surface area contributed by atoms with E-state index in [4.69, 9.17) is 0 Å². The van der Waals surface area contributed by atoms with Gasteiger partial charge in [0.1, 0.15) is 0 Å². The van der Waals surface area contributed by atoms with Crippen LogP contribution >= 0.6 is 0 Å². The Morgan fingerprint density at radius 3 is 1.17 bits per heavy atom. The maximum atomic E-state index is 2.59. The minimum absolute atomic E-state index is 0.646. The van der Waals surface area contributed by atoms with Gasteiger partial charge in [-0.1, -0.05) is 0 Å². The van der Waals surface area contributed by atoms with E-state index < -0.39 is 12.4 Å². The van der Waals surface area contributed by atoms with Crippen molar-refractivity contribution in [3.8, 4) is 0 Å². The summed E-state index contributed by atoms with van der Waals surface area (Å²) in [5.41, 5.74) is 0. The molecule has 0 aliphatic rings. The van der Waals surface area contributed by atoms with Gasteiger partial charge < -0.3 is 0 Å². The van der Waals surface area contributed by atoms with E-state index in [1.807, 2.05) is 0 Å². The van der Waals surface area contributed by atoms with Gasteiger partial charge in [-0.2, -0.15) is 0 Å². The van der Waals surface area contributed by atoms with Crippen LogP contribution < -0.4 is 0 Å². The molecular formula is C6H18Se2Si4. The van der Waals surface area contributed by atoms with Crippen molar-refractivity contribution in [3.63, 3.8) is 0 Å². The first-order valence-electron chi connectivity index (χ1n) is 4.07. The van der Waals surface area contributed by atoms with E-state index in [1.165, 1.54) is 18.1 Å². The van der Waals surface area contributed by atoms with Crippen LogP contribution in [0.25, 0.3) is 0 Å². The Morgan fingerprint density at radius 2 is 1.00 bits per heavy atom. The second kappa shape index (κ2) is 5.71. The van der Waals surface area contributed by atoms with Crippen LogP contribution in [0.4, 0.5) is 0 Å². The predicted molar refractivity (Wildman–Crippen MR) is 69.7 cm³/mol. The van der Waals surface area contributed by atoms with Crippen LogP contribution in [0.2, 0.25) is 39.3 Å². The molecule has 0 atom stereocenters. The fraction of sp³-hybridized carbons (Fsp3) is 1.00. The maximum absolute atomic E-state index is 2.59. The summed E-state index contributed by atoms with van der Waals surface area (Å²) in [5.74, 6) is 0. The molecule has 6 heteroatoms. The van der Waals surface area contributed by atoms with Gasteiger partial charge in [-0.25, -0.2) is 0 Å². The van der Waals surface area contributed by atoms with Gasteiger partial charge in [-0.15, -0.1) is 0 Å². The third kappa shape index (κ3) is 6.37. The molecule has 0 N–H and O–H groups in total. The SMILES string of the molecule is C[Si][Si](C)(C)[Se][Se][Si](C)(C)[Si]C. The predicted octanol–water partition coefficient (Wildman–Crippen LogP) is 1.22. The number of rotatable bonds is 5. The van der Waals surface area contributed by atoms with Gasteiger partial charge in [0.2, 0.25) is 0 Å². The first kappa shape index (κ1) is 13.9. The molecule has 0 saturated carbocycles. The monoisotopic (exact) mass is 362 g/mol. The van der Waals surface area contributed by atoms with Crippen molar-refractivity contribution in [2.24, 2.45) is 0 Å². The minimum atomic E-state index is -0.646. The molecule has 0 aliphatic carbocycles. The summed E-state index contributed by atoms with van der Waals surface area (Å²) >= 11 is 2.18. The molecule has 0 heterocycles. The molecule has 4 radical (unpaired) electrons. The van der Waals surface area contributed by atoms with E-state index in [2.05, 4.69) is 39.3 Å². The van der Waals surface area contributed by atoms with Gasteiger partial charge in [-0.05, 0) is 0 Å². The van der Waals surface area contributed by atoms with Crippen molar-refractivity contribution >= 4 is 55.5 Å². The topological polar surface area (TPSA) is 0 Å². The van der Waals surface area contributed by atoms with Crippen LogP contribution in [0.15, 0.2) is 0 Å². The van der Waals surface area contributed by atoms with Crippen molar-refractivity contribution in [2.45, 2.75) is 39.3 Å².